The molecule has 1 saturated heterocycles. The lowest BCUT2D eigenvalue weighted by atomic mass is 10.0. The predicted molar refractivity (Wildman–Crippen MR) is 116 cm³/mol. The van der Waals surface area contributed by atoms with Gasteiger partial charge in [-0.25, -0.2) is 15.0 Å². The summed E-state index contributed by atoms with van der Waals surface area (Å²) in [5.41, 5.74) is 1.05. The largest absolute Gasteiger partial charge is 0.344 e. The minimum Gasteiger partial charge on any atom is -0.344 e. The van der Waals surface area contributed by atoms with Gasteiger partial charge in [0.25, 0.3) is 0 Å². The van der Waals surface area contributed by atoms with Crippen LogP contribution in [0.3, 0.4) is 0 Å². The summed E-state index contributed by atoms with van der Waals surface area (Å²) >= 11 is 8.35. The molecular weight excluding hydrogens is 530 g/mol. The van der Waals surface area contributed by atoms with Crippen molar-refractivity contribution in [1.82, 2.24) is 19.5 Å². The fraction of sp³-hybridized carbons (Fsp3) is 0.722. The van der Waals surface area contributed by atoms with Gasteiger partial charge in [0.2, 0.25) is 7.37 Å². The first-order valence-corrected chi connectivity index (χ1v) is 13.4. The molecule has 1 unspecified atom stereocenters. The van der Waals surface area contributed by atoms with E-state index < -0.39 is 13.2 Å². The van der Waals surface area contributed by atoms with E-state index in [1.54, 1.807) is 13.0 Å². The molecule has 0 spiro atoms. The fourth-order valence-electron chi connectivity index (χ4n) is 5.40. The Labute approximate surface area is 187 Å². The average Bonchev–Trinajstić information content (AvgIpc) is 2.87. The first kappa shape index (κ1) is 20.6. The third-order valence-corrected chi connectivity index (χ3v) is 8.99. The van der Waals surface area contributed by atoms with Gasteiger partial charge in [-0.2, -0.15) is 0 Å². The maximum absolute atomic E-state index is 13.1. The van der Waals surface area contributed by atoms with Crippen LogP contribution in [0.5, 0.6) is 0 Å². The summed E-state index contributed by atoms with van der Waals surface area (Å²) in [4.78, 5) is 13.2. The number of halogens is 2. The quantitative estimate of drug-likeness (QED) is 0.239. The van der Waals surface area contributed by atoms with Gasteiger partial charge in [0, 0.05) is 40.8 Å². The van der Waals surface area contributed by atoms with Gasteiger partial charge in [-0.05, 0) is 33.1 Å². The smallest absolute Gasteiger partial charge is 0.200 e. The van der Waals surface area contributed by atoms with Gasteiger partial charge in [0.05, 0.1) is 25.1 Å². The molecule has 1 aliphatic heterocycles. The van der Waals surface area contributed by atoms with Gasteiger partial charge in [-0.1, -0.05) is 11.6 Å². The molecule has 8 nitrogen and oxygen atoms in total. The Kier molecular flexibility index (Phi) is 4.68. The van der Waals surface area contributed by atoms with E-state index in [0.29, 0.717) is 32.9 Å². The molecule has 11 heteroatoms. The number of fused-ring (bicyclic) bond motifs is 4. The van der Waals surface area contributed by atoms with Crippen LogP contribution in [-0.4, -0.2) is 56.9 Å². The Bertz CT molecular complexity index is 1050. The topological polar surface area (TPSA) is 88.4 Å². The molecule has 2 aromatic rings. The Morgan fingerprint density at radius 3 is 2.90 bits per heavy atom. The van der Waals surface area contributed by atoms with Crippen molar-refractivity contribution >= 4 is 52.7 Å². The van der Waals surface area contributed by atoms with Gasteiger partial charge in [0.1, 0.15) is 11.6 Å². The van der Waals surface area contributed by atoms with Crippen LogP contribution in [0.2, 0.25) is 5.15 Å². The maximum Gasteiger partial charge on any atom is 0.200 e. The molecule has 5 rings (SSSR count). The summed E-state index contributed by atoms with van der Waals surface area (Å²) in [6, 6.07) is -0.0184. The van der Waals surface area contributed by atoms with E-state index >= 15 is 0 Å². The molecule has 2 saturated carbocycles. The molecule has 2 aromatic heterocycles. The molecule has 0 radical (unpaired) electrons. The second-order valence-electron chi connectivity index (χ2n) is 8.75. The molecule has 3 fully saturated rings. The minimum absolute atomic E-state index is 0.0184. The van der Waals surface area contributed by atoms with E-state index in [-0.39, 0.29) is 29.6 Å². The molecule has 3 aliphatic rings. The van der Waals surface area contributed by atoms with Crippen molar-refractivity contribution in [1.29, 1.82) is 0 Å². The summed E-state index contributed by atoms with van der Waals surface area (Å²) in [6.07, 6.45) is 2.86. The molecule has 0 amide bonds. The van der Waals surface area contributed by atoms with Crippen molar-refractivity contribution in [2.75, 3.05) is 19.4 Å². The van der Waals surface area contributed by atoms with E-state index in [0.717, 1.165) is 6.42 Å². The number of imidazole rings is 1. The summed E-state index contributed by atoms with van der Waals surface area (Å²) in [5, 5.41) is 0.341. The lowest BCUT2D eigenvalue weighted by Gasteiger charge is -2.25. The van der Waals surface area contributed by atoms with Crippen molar-refractivity contribution in [3.05, 3.63) is 15.3 Å². The molecule has 2 aliphatic carbocycles. The van der Waals surface area contributed by atoms with Crippen molar-refractivity contribution in [2.45, 2.75) is 51.2 Å². The Morgan fingerprint density at radius 1 is 1.41 bits per heavy atom. The van der Waals surface area contributed by atoms with Gasteiger partial charge in [-0.3, -0.25) is 4.57 Å². The van der Waals surface area contributed by atoms with Crippen molar-refractivity contribution in [2.24, 2.45) is 11.3 Å². The molecule has 158 valence electrons. The molecule has 0 aromatic carbocycles. The standard InChI is InChI=1S/C18H23ClIN4O4P/c1-5-26-29(4,25)7-18-6-9(18)11(12-13(18)28-17(2,3)27-12)24-8-21-10-14(19)22-16(20)23-15(10)24/h8-9,11-13H,5-7H2,1-4H3/t9-,11-,12+,13+,18-,29?/m1/s1. The highest BCUT2D eigenvalue weighted by Gasteiger charge is 2.76. The highest BCUT2D eigenvalue weighted by atomic mass is 127. The lowest BCUT2D eigenvalue weighted by Crippen LogP contribution is -2.33. The number of hydrogen-bond donors (Lipinski definition) is 0. The first-order valence-electron chi connectivity index (χ1n) is 9.69. The molecule has 6 atom stereocenters. The van der Waals surface area contributed by atoms with E-state index in [9.17, 15) is 4.57 Å². The molecular formula is C18H23ClIN4O4P. The highest BCUT2D eigenvalue weighted by Crippen LogP contribution is 2.75. The summed E-state index contributed by atoms with van der Waals surface area (Å²) < 4.78 is 34.0. The van der Waals surface area contributed by atoms with Crippen molar-refractivity contribution in [3.8, 4) is 0 Å². The molecule has 0 N–H and O–H groups in total. The predicted octanol–water partition coefficient (Wildman–Crippen LogP) is 4.11. The fourth-order valence-corrected chi connectivity index (χ4v) is 8.48. The zero-order chi connectivity index (χ0) is 20.8. The van der Waals surface area contributed by atoms with Crippen LogP contribution in [0.25, 0.3) is 11.2 Å². The van der Waals surface area contributed by atoms with Gasteiger partial charge in [0.15, 0.2) is 20.4 Å². The third kappa shape index (κ3) is 3.19. The van der Waals surface area contributed by atoms with Crippen LogP contribution in [-0.2, 0) is 18.6 Å². The van der Waals surface area contributed by atoms with Crippen LogP contribution in [0, 0.1) is 15.2 Å². The zero-order valence-electron chi connectivity index (χ0n) is 16.6. The maximum atomic E-state index is 13.1. The average molecular weight is 553 g/mol. The van der Waals surface area contributed by atoms with Crippen LogP contribution < -0.4 is 0 Å². The second-order valence-corrected chi connectivity index (χ2v) is 12.7. The number of rotatable bonds is 5. The summed E-state index contributed by atoms with van der Waals surface area (Å²) in [5.74, 6) is -0.444. The number of hydrogen-bond acceptors (Lipinski definition) is 7. The zero-order valence-corrected chi connectivity index (χ0v) is 20.4. The Hall–Kier alpha value is -0.320. The van der Waals surface area contributed by atoms with Crippen LogP contribution in [0.4, 0.5) is 0 Å². The second kappa shape index (κ2) is 6.59. The number of nitrogens with zero attached hydrogens (tertiary/aromatic N) is 4. The van der Waals surface area contributed by atoms with Crippen LogP contribution >= 0.6 is 41.6 Å². The molecule has 0 bridgehead atoms. The van der Waals surface area contributed by atoms with E-state index in [1.165, 1.54) is 0 Å². The highest BCUT2D eigenvalue weighted by molar-refractivity contribution is 14.1. The van der Waals surface area contributed by atoms with E-state index in [1.807, 2.05) is 25.3 Å². The summed E-state index contributed by atoms with van der Waals surface area (Å²) in [6.45, 7) is 7.89. The first-order chi connectivity index (χ1) is 13.6. The van der Waals surface area contributed by atoms with Crippen LogP contribution in [0.1, 0.15) is 33.2 Å². The monoisotopic (exact) mass is 552 g/mol. The molecule has 3 heterocycles. The number of ether oxygens (including phenoxy) is 2. The van der Waals surface area contributed by atoms with Gasteiger partial charge < -0.3 is 18.6 Å². The third-order valence-electron chi connectivity index (χ3n) is 6.28. The number of aromatic nitrogens is 4. The Balaban J connectivity index is 1.58. The van der Waals surface area contributed by atoms with Gasteiger partial charge in [-0.15, -0.1) is 0 Å². The van der Waals surface area contributed by atoms with Crippen molar-refractivity contribution in [3.63, 3.8) is 0 Å². The van der Waals surface area contributed by atoms with Gasteiger partial charge >= 0.3 is 0 Å². The Morgan fingerprint density at radius 2 is 2.17 bits per heavy atom. The van der Waals surface area contributed by atoms with Crippen LogP contribution in [0.15, 0.2) is 6.33 Å². The lowest BCUT2D eigenvalue weighted by molar-refractivity contribution is -0.160. The summed E-state index contributed by atoms with van der Waals surface area (Å²) in [7, 11) is -2.73. The van der Waals surface area contributed by atoms with E-state index in [4.69, 9.17) is 25.6 Å². The SMILES string of the molecule is CCOP(C)(=O)C[C@]12C[C@@H]1[C@@H](n1cnc3c(Cl)nc(I)nc31)[C@@H]1OC(C)(C)O[C@@H]12. The minimum atomic E-state index is -2.73. The van der Waals surface area contributed by atoms with Crippen molar-refractivity contribution < 1.29 is 18.6 Å². The van der Waals surface area contributed by atoms with E-state index in [2.05, 4.69) is 37.5 Å². The normalized spacial score (nSPS) is 36.8. The molecule has 29 heavy (non-hydrogen) atoms.